The molecule has 122 valence electrons. The highest BCUT2D eigenvalue weighted by Gasteiger charge is 2.20. The summed E-state index contributed by atoms with van der Waals surface area (Å²) < 4.78 is 25.4. The van der Waals surface area contributed by atoms with Crippen LogP contribution < -0.4 is 9.47 Å². The van der Waals surface area contributed by atoms with Crippen molar-refractivity contribution in [2.45, 2.75) is 51.1 Å². The van der Waals surface area contributed by atoms with Gasteiger partial charge in [-0.05, 0) is 83.0 Å². The monoisotopic (exact) mass is 530 g/mol. The molecule has 2 aliphatic rings. The fraction of sp³-hybridized carbons (Fsp3) is 0.625. The molecule has 0 bridgehead atoms. The Morgan fingerprint density at radius 1 is 0.773 bits per heavy atom. The van der Waals surface area contributed by atoms with Crippen molar-refractivity contribution in [3.63, 3.8) is 0 Å². The van der Waals surface area contributed by atoms with Gasteiger partial charge in [0.25, 0.3) is 0 Å². The minimum atomic E-state index is -0.119. The van der Waals surface area contributed by atoms with Crippen LogP contribution in [0.25, 0.3) is 0 Å². The second-order valence-electron chi connectivity index (χ2n) is 5.54. The van der Waals surface area contributed by atoms with Crippen molar-refractivity contribution >= 4 is 45.2 Å². The standard InChI is InChI=1S/C16H20I2O4/c17-11-10-14(22-16-6-2-4-8-20-16)12(18)9-13(11)21-15-5-1-3-7-19-15/h9-10,15-16H,1-8H2. The molecule has 2 saturated heterocycles. The van der Waals surface area contributed by atoms with Gasteiger partial charge in [-0.25, -0.2) is 0 Å². The summed E-state index contributed by atoms with van der Waals surface area (Å²) in [6.07, 6.45) is 6.27. The SMILES string of the molecule is Ic1cc(OC2CCCCO2)c(I)cc1OC1CCCCO1. The van der Waals surface area contributed by atoms with E-state index in [0.717, 1.165) is 57.5 Å². The second kappa shape index (κ2) is 8.34. The third kappa shape index (κ3) is 4.61. The van der Waals surface area contributed by atoms with Crippen molar-refractivity contribution in [1.82, 2.24) is 0 Å². The van der Waals surface area contributed by atoms with Crippen LogP contribution in [0.15, 0.2) is 12.1 Å². The van der Waals surface area contributed by atoms with Gasteiger partial charge < -0.3 is 18.9 Å². The Kier molecular flexibility index (Phi) is 6.46. The molecule has 0 amide bonds. The summed E-state index contributed by atoms with van der Waals surface area (Å²) in [6, 6.07) is 4.05. The summed E-state index contributed by atoms with van der Waals surface area (Å²) in [7, 11) is 0. The van der Waals surface area contributed by atoms with E-state index in [1.54, 1.807) is 0 Å². The third-order valence-corrected chi connectivity index (χ3v) is 5.47. The molecule has 4 nitrogen and oxygen atoms in total. The highest BCUT2D eigenvalue weighted by Crippen LogP contribution is 2.34. The van der Waals surface area contributed by atoms with Crippen LogP contribution in [-0.4, -0.2) is 25.8 Å². The Morgan fingerprint density at radius 3 is 1.59 bits per heavy atom. The van der Waals surface area contributed by atoms with Crippen LogP contribution in [-0.2, 0) is 9.47 Å². The van der Waals surface area contributed by atoms with Crippen molar-refractivity contribution in [2.24, 2.45) is 0 Å². The number of hydrogen-bond acceptors (Lipinski definition) is 4. The molecule has 6 heteroatoms. The molecule has 2 heterocycles. The summed E-state index contributed by atoms with van der Waals surface area (Å²) in [5, 5.41) is 0. The summed E-state index contributed by atoms with van der Waals surface area (Å²) in [5.41, 5.74) is 0. The van der Waals surface area contributed by atoms with Crippen molar-refractivity contribution in [3.05, 3.63) is 19.3 Å². The molecule has 3 rings (SSSR count). The Hall–Kier alpha value is 0.200. The lowest BCUT2D eigenvalue weighted by atomic mass is 10.2. The van der Waals surface area contributed by atoms with Crippen molar-refractivity contribution < 1.29 is 18.9 Å². The Labute approximate surface area is 158 Å². The number of hydrogen-bond donors (Lipinski definition) is 0. The van der Waals surface area contributed by atoms with Crippen LogP contribution in [0.3, 0.4) is 0 Å². The molecule has 2 unspecified atom stereocenters. The van der Waals surface area contributed by atoms with E-state index < -0.39 is 0 Å². The number of halogens is 2. The van der Waals surface area contributed by atoms with Gasteiger partial charge in [0.15, 0.2) is 12.6 Å². The predicted octanol–water partition coefficient (Wildman–Crippen LogP) is 4.71. The first-order valence-corrected chi connectivity index (χ1v) is 9.94. The zero-order valence-corrected chi connectivity index (χ0v) is 16.7. The molecule has 0 saturated carbocycles. The van der Waals surface area contributed by atoms with Crippen molar-refractivity contribution in [3.8, 4) is 11.5 Å². The Morgan fingerprint density at radius 2 is 1.23 bits per heavy atom. The van der Waals surface area contributed by atoms with E-state index in [0.29, 0.717) is 0 Å². The highest BCUT2D eigenvalue weighted by molar-refractivity contribution is 14.1. The van der Waals surface area contributed by atoms with Crippen LogP contribution in [0.5, 0.6) is 11.5 Å². The topological polar surface area (TPSA) is 36.9 Å². The van der Waals surface area contributed by atoms with Gasteiger partial charge in [-0.3, -0.25) is 0 Å². The first-order valence-electron chi connectivity index (χ1n) is 7.78. The largest absolute Gasteiger partial charge is 0.464 e. The second-order valence-corrected chi connectivity index (χ2v) is 7.87. The van der Waals surface area contributed by atoms with Crippen LogP contribution in [0.4, 0.5) is 0 Å². The van der Waals surface area contributed by atoms with Crippen molar-refractivity contribution in [2.75, 3.05) is 13.2 Å². The van der Waals surface area contributed by atoms with Crippen LogP contribution in [0, 0.1) is 7.14 Å². The van der Waals surface area contributed by atoms with Gasteiger partial charge in [-0.2, -0.15) is 0 Å². The van der Waals surface area contributed by atoms with Gasteiger partial charge in [0.2, 0.25) is 0 Å². The van der Waals surface area contributed by atoms with E-state index in [4.69, 9.17) is 18.9 Å². The van der Waals surface area contributed by atoms with Gasteiger partial charge in [-0.15, -0.1) is 0 Å². The molecular formula is C16H20I2O4. The van der Waals surface area contributed by atoms with Crippen LogP contribution in [0.1, 0.15) is 38.5 Å². The highest BCUT2D eigenvalue weighted by atomic mass is 127. The zero-order chi connectivity index (χ0) is 15.4. The summed E-state index contributed by atoms with van der Waals surface area (Å²) >= 11 is 4.58. The first kappa shape index (κ1) is 17.0. The fourth-order valence-corrected chi connectivity index (χ4v) is 3.71. The molecular weight excluding hydrogens is 510 g/mol. The molecule has 0 aliphatic carbocycles. The average molecular weight is 530 g/mol. The molecule has 1 aromatic carbocycles. The van der Waals surface area contributed by atoms with Gasteiger partial charge in [0, 0.05) is 12.8 Å². The smallest absolute Gasteiger partial charge is 0.199 e. The predicted molar refractivity (Wildman–Crippen MR) is 100 cm³/mol. The van der Waals surface area contributed by atoms with Crippen LogP contribution >= 0.6 is 45.2 Å². The maximum absolute atomic E-state index is 5.99. The minimum absolute atomic E-state index is 0.119. The summed E-state index contributed by atoms with van der Waals surface area (Å²) in [6.45, 7) is 1.58. The molecule has 0 spiro atoms. The van der Waals surface area contributed by atoms with Gasteiger partial charge in [0.1, 0.15) is 11.5 Å². The Balaban J connectivity index is 1.67. The normalized spacial score (nSPS) is 25.7. The van der Waals surface area contributed by atoms with E-state index in [1.807, 2.05) is 12.1 Å². The molecule has 22 heavy (non-hydrogen) atoms. The number of ether oxygens (including phenoxy) is 4. The van der Waals surface area contributed by atoms with E-state index in [9.17, 15) is 0 Å². The lowest BCUT2D eigenvalue weighted by molar-refractivity contribution is -0.108. The molecule has 2 aliphatic heterocycles. The minimum Gasteiger partial charge on any atom is -0.464 e. The summed E-state index contributed by atoms with van der Waals surface area (Å²) in [5.74, 6) is 1.74. The van der Waals surface area contributed by atoms with Crippen molar-refractivity contribution in [1.29, 1.82) is 0 Å². The molecule has 1 aromatic rings. The van der Waals surface area contributed by atoms with E-state index in [2.05, 4.69) is 45.2 Å². The van der Waals surface area contributed by atoms with Gasteiger partial charge in [0.05, 0.1) is 20.4 Å². The zero-order valence-electron chi connectivity index (χ0n) is 12.4. The van der Waals surface area contributed by atoms with Crippen LogP contribution in [0.2, 0.25) is 0 Å². The summed E-state index contributed by atoms with van der Waals surface area (Å²) in [4.78, 5) is 0. The van der Waals surface area contributed by atoms with E-state index in [1.165, 1.54) is 12.8 Å². The maximum atomic E-state index is 5.99. The molecule has 0 N–H and O–H groups in total. The lowest BCUT2D eigenvalue weighted by Crippen LogP contribution is -2.26. The quantitative estimate of drug-likeness (QED) is 0.529. The number of rotatable bonds is 4. The Bertz CT molecular complexity index is 451. The van der Waals surface area contributed by atoms with E-state index >= 15 is 0 Å². The average Bonchev–Trinajstić information content (AvgIpc) is 2.54. The first-order chi connectivity index (χ1) is 10.7. The third-order valence-electron chi connectivity index (χ3n) is 3.78. The van der Waals surface area contributed by atoms with Gasteiger partial charge in [-0.1, -0.05) is 0 Å². The number of benzene rings is 1. The van der Waals surface area contributed by atoms with E-state index in [-0.39, 0.29) is 12.6 Å². The molecule has 2 atom stereocenters. The maximum Gasteiger partial charge on any atom is 0.199 e. The van der Waals surface area contributed by atoms with Gasteiger partial charge >= 0.3 is 0 Å². The molecule has 0 aromatic heterocycles. The lowest BCUT2D eigenvalue weighted by Gasteiger charge is -2.26. The molecule has 0 radical (unpaired) electrons. The molecule has 2 fully saturated rings. The fourth-order valence-electron chi connectivity index (χ4n) is 2.58.